The minimum atomic E-state index is -0.324. The third kappa shape index (κ3) is 12.6. The standard InChI is InChI=1S/C37H57N3O3/c1-42-34-22-28-39(29-23-34)26-16-8-6-4-2-3-5-7-9-17-27-40-30-24-35(25-31-40)43-37(41)38-36(32-18-12-10-13-19-32)33-20-14-11-15-21-33/h10-15,18-21,34-36H,2-9,16-17,22-31H2,1H3,(H,38,41). The van der Waals surface area contributed by atoms with E-state index in [0.717, 1.165) is 37.1 Å². The second-order valence-electron chi connectivity index (χ2n) is 12.7. The third-order valence-electron chi connectivity index (χ3n) is 9.40. The van der Waals surface area contributed by atoms with Gasteiger partial charge >= 0.3 is 6.09 Å². The molecule has 4 rings (SSSR count). The molecule has 0 unspecified atom stereocenters. The van der Waals surface area contributed by atoms with Crippen LogP contribution in [0.25, 0.3) is 0 Å². The van der Waals surface area contributed by atoms with Gasteiger partial charge in [-0.05, 0) is 62.7 Å². The molecular formula is C37H57N3O3. The van der Waals surface area contributed by atoms with E-state index in [9.17, 15) is 4.79 Å². The van der Waals surface area contributed by atoms with Crippen LogP contribution >= 0.6 is 0 Å². The van der Waals surface area contributed by atoms with Crippen molar-refractivity contribution in [3.8, 4) is 0 Å². The molecular weight excluding hydrogens is 534 g/mol. The number of carbonyl (C=O) groups excluding carboxylic acids is 1. The zero-order chi connectivity index (χ0) is 30.0. The van der Waals surface area contributed by atoms with E-state index in [1.807, 2.05) is 67.8 Å². The van der Waals surface area contributed by atoms with Crippen LogP contribution in [-0.4, -0.2) is 74.5 Å². The molecule has 0 atom stereocenters. The molecule has 6 nitrogen and oxygen atoms in total. The highest BCUT2D eigenvalue weighted by Crippen LogP contribution is 2.23. The summed E-state index contributed by atoms with van der Waals surface area (Å²) in [6.45, 7) is 6.92. The molecule has 2 aliphatic heterocycles. The predicted molar refractivity (Wildman–Crippen MR) is 176 cm³/mol. The normalized spacial score (nSPS) is 17.3. The van der Waals surface area contributed by atoms with E-state index >= 15 is 0 Å². The van der Waals surface area contributed by atoms with Crippen molar-refractivity contribution in [3.63, 3.8) is 0 Å². The molecule has 2 heterocycles. The molecule has 43 heavy (non-hydrogen) atoms. The van der Waals surface area contributed by atoms with Crippen LogP contribution < -0.4 is 5.32 Å². The maximum atomic E-state index is 12.9. The van der Waals surface area contributed by atoms with E-state index in [4.69, 9.17) is 9.47 Å². The van der Waals surface area contributed by atoms with Crippen LogP contribution in [0.15, 0.2) is 60.7 Å². The SMILES string of the molecule is COC1CCN(CCCCCCCCCCCCN2CCC(OC(=O)NC(c3ccccc3)c3ccccc3)CC2)CC1. The third-order valence-corrected chi connectivity index (χ3v) is 9.40. The summed E-state index contributed by atoms with van der Waals surface area (Å²) >= 11 is 0. The number of carbonyl (C=O) groups is 1. The van der Waals surface area contributed by atoms with E-state index < -0.39 is 0 Å². The molecule has 2 aliphatic rings. The molecule has 238 valence electrons. The first kappa shape index (κ1) is 33.5. The maximum absolute atomic E-state index is 12.9. The molecule has 0 aliphatic carbocycles. The first-order valence-corrected chi connectivity index (χ1v) is 17.3. The van der Waals surface area contributed by atoms with E-state index in [2.05, 4.69) is 15.1 Å². The lowest BCUT2D eigenvalue weighted by molar-refractivity contribution is 0.0407. The summed E-state index contributed by atoms with van der Waals surface area (Å²) < 4.78 is 11.4. The average molecular weight is 592 g/mol. The van der Waals surface area contributed by atoms with Gasteiger partial charge in [-0.1, -0.05) is 112 Å². The zero-order valence-corrected chi connectivity index (χ0v) is 26.8. The number of nitrogens with zero attached hydrogens (tertiary/aromatic N) is 2. The van der Waals surface area contributed by atoms with Crippen molar-refractivity contribution in [3.05, 3.63) is 71.8 Å². The lowest BCUT2D eigenvalue weighted by Gasteiger charge is -2.32. The van der Waals surface area contributed by atoms with Crippen molar-refractivity contribution in [1.29, 1.82) is 0 Å². The van der Waals surface area contributed by atoms with Crippen LogP contribution in [-0.2, 0) is 9.47 Å². The molecule has 0 bridgehead atoms. The second-order valence-corrected chi connectivity index (χ2v) is 12.7. The van der Waals surface area contributed by atoms with E-state index in [1.54, 1.807) is 0 Å². The number of nitrogens with one attached hydrogen (secondary N) is 1. The summed E-state index contributed by atoms with van der Waals surface area (Å²) in [5.74, 6) is 0. The Bertz CT molecular complexity index is 949. The topological polar surface area (TPSA) is 54.0 Å². The average Bonchev–Trinajstić information content (AvgIpc) is 3.06. The molecule has 2 fully saturated rings. The van der Waals surface area contributed by atoms with Crippen molar-refractivity contribution in [2.75, 3.05) is 46.4 Å². The number of hydrogen-bond donors (Lipinski definition) is 1. The fourth-order valence-electron chi connectivity index (χ4n) is 6.66. The van der Waals surface area contributed by atoms with E-state index in [1.165, 1.54) is 103 Å². The van der Waals surface area contributed by atoms with Crippen molar-refractivity contribution in [1.82, 2.24) is 15.1 Å². The van der Waals surface area contributed by atoms with Gasteiger partial charge in [-0.3, -0.25) is 0 Å². The van der Waals surface area contributed by atoms with Crippen molar-refractivity contribution in [2.45, 2.75) is 108 Å². The van der Waals surface area contributed by atoms with Crippen molar-refractivity contribution >= 4 is 6.09 Å². The van der Waals surface area contributed by atoms with Gasteiger partial charge in [0.25, 0.3) is 0 Å². The number of benzene rings is 2. The van der Waals surface area contributed by atoms with Crippen molar-refractivity contribution in [2.24, 2.45) is 0 Å². The molecule has 1 amide bonds. The number of unbranched alkanes of at least 4 members (excludes halogenated alkanes) is 9. The molecule has 2 saturated heterocycles. The molecule has 0 radical (unpaired) electrons. The van der Waals surface area contributed by atoms with Gasteiger partial charge < -0.3 is 24.6 Å². The molecule has 0 aromatic heterocycles. The highest BCUT2D eigenvalue weighted by atomic mass is 16.6. The summed E-state index contributed by atoms with van der Waals surface area (Å²) in [5, 5.41) is 3.12. The number of hydrogen-bond acceptors (Lipinski definition) is 5. The summed E-state index contributed by atoms with van der Waals surface area (Å²) in [7, 11) is 1.85. The van der Waals surface area contributed by atoms with Crippen LogP contribution in [0.2, 0.25) is 0 Å². The zero-order valence-electron chi connectivity index (χ0n) is 26.8. The Labute approximate surface area is 261 Å². The van der Waals surface area contributed by atoms with Gasteiger partial charge in [-0.25, -0.2) is 4.79 Å². The highest BCUT2D eigenvalue weighted by molar-refractivity contribution is 5.69. The maximum Gasteiger partial charge on any atom is 0.408 e. The summed E-state index contributed by atoms with van der Waals surface area (Å²) in [4.78, 5) is 18.0. The molecule has 1 N–H and O–H groups in total. The number of ether oxygens (including phenoxy) is 2. The quantitative estimate of drug-likeness (QED) is 0.178. The minimum absolute atomic E-state index is 0.00290. The first-order valence-electron chi connectivity index (χ1n) is 17.3. The van der Waals surface area contributed by atoms with Gasteiger partial charge in [0.2, 0.25) is 0 Å². The number of amides is 1. The second kappa shape index (κ2) is 19.8. The van der Waals surface area contributed by atoms with Gasteiger partial charge in [0.1, 0.15) is 6.10 Å². The number of piperidine rings is 2. The summed E-state index contributed by atoms with van der Waals surface area (Å²) in [5.41, 5.74) is 2.11. The minimum Gasteiger partial charge on any atom is -0.446 e. The first-order chi connectivity index (χ1) is 21.2. The van der Waals surface area contributed by atoms with Gasteiger partial charge in [0, 0.05) is 33.3 Å². The van der Waals surface area contributed by atoms with Gasteiger partial charge in [-0.2, -0.15) is 0 Å². The van der Waals surface area contributed by atoms with Crippen molar-refractivity contribution < 1.29 is 14.3 Å². The number of methoxy groups -OCH3 is 1. The predicted octanol–water partition coefficient (Wildman–Crippen LogP) is 7.98. The molecule has 2 aromatic rings. The van der Waals surface area contributed by atoms with Gasteiger partial charge in [0.05, 0.1) is 12.1 Å². The summed E-state index contributed by atoms with van der Waals surface area (Å²) in [6.07, 6.45) is 18.1. The molecule has 0 spiro atoms. The number of likely N-dealkylation sites (tertiary alicyclic amines) is 2. The monoisotopic (exact) mass is 591 g/mol. The Hall–Kier alpha value is -2.41. The van der Waals surface area contributed by atoms with Crippen LogP contribution in [0, 0.1) is 0 Å². The Balaban J connectivity index is 0.973. The molecule has 0 saturated carbocycles. The van der Waals surface area contributed by atoms with Crippen LogP contribution in [0.3, 0.4) is 0 Å². The number of rotatable bonds is 18. The van der Waals surface area contributed by atoms with Crippen LogP contribution in [0.4, 0.5) is 4.79 Å². The summed E-state index contributed by atoms with van der Waals surface area (Å²) in [6, 6.07) is 20.0. The Morgan fingerprint density at radius 1 is 0.651 bits per heavy atom. The fraction of sp³-hybridized carbons (Fsp3) is 0.649. The fourth-order valence-corrected chi connectivity index (χ4v) is 6.66. The molecule has 6 heteroatoms. The Kier molecular flexibility index (Phi) is 15.4. The van der Waals surface area contributed by atoms with Gasteiger partial charge in [-0.15, -0.1) is 0 Å². The Morgan fingerprint density at radius 3 is 1.47 bits per heavy atom. The lowest BCUT2D eigenvalue weighted by atomic mass is 9.99. The van der Waals surface area contributed by atoms with E-state index in [-0.39, 0.29) is 18.2 Å². The highest BCUT2D eigenvalue weighted by Gasteiger charge is 2.24. The Morgan fingerprint density at radius 2 is 1.05 bits per heavy atom. The smallest absolute Gasteiger partial charge is 0.408 e. The van der Waals surface area contributed by atoms with Gasteiger partial charge in [0.15, 0.2) is 0 Å². The van der Waals surface area contributed by atoms with Crippen LogP contribution in [0.5, 0.6) is 0 Å². The molecule has 2 aromatic carbocycles. The largest absolute Gasteiger partial charge is 0.446 e. The van der Waals surface area contributed by atoms with E-state index in [0.29, 0.717) is 6.10 Å². The number of alkyl carbamates (subject to hydrolysis) is 1. The lowest BCUT2D eigenvalue weighted by Crippen LogP contribution is -2.40. The van der Waals surface area contributed by atoms with Crippen LogP contribution in [0.1, 0.15) is 107 Å².